The first-order valence-corrected chi connectivity index (χ1v) is 11.2. The van der Waals surface area contributed by atoms with Crippen LogP contribution in [0.25, 0.3) is 0 Å². The Labute approximate surface area is 178 Å². The lowest BCUT2D eigenvalue weighted by molar-refractivity contribution is -0.301. The molecule has 1 saturated carbocycles. The Morgan fingerprint density at radius 3 is 2.33 bits per heavy atom. The van der Waals surface area contributed by atoms with Crippen LogP contribution in [0.3, 0.4) is 0 Å². The van der Waals surface area contributed by atoms with Crippen molar-refractivity contribution in [3.63, 3.8) is 0 Å². The summed E-state index contributed by atoms with van der Waals surface area (Å²) in [6.07, 6.45) is 3.04. The van der Waals surface area contributed by atoms with E-state index in [0.29, 0.717) is 12.5 Å². The third-order valence-corrected chi connectivity index (χ3v) is 6.12. The Balaban J connectivity index is 1.31. The van der Waals surface area contributed by atoms with Crippen molar-refractivity contribution in [1.29, 1.82) is 0 Å². The molecule has 1 aromatic rings. The van der Waals surface area contributed by atoms with Crippen molar-refractivity contribution in [2.24, 2.45) is 5.92 Å². The van der Waals surface area contributed by atoms with E-state index in [1.165, 1.54) is 37.7 Å². The first-order valence-electron chi connectivity index (χ1n) is 11.2. The fraction of sp³-hybridized carbons (Fsp3) is 0.739. The molecule has 1 aliphatic carbocycles. The molecule has 4 N–H and O–H groups in total. The molecule has 7 nitrogen and oxygen atoms in total. The summed E-state index contributed by atoms with van der Waals surface area (Å²) < 4.78 is 16.8. The number of rotatable bonds is 10. The van der Waals surface area contributed by atoms with Crippen LogP contribution in [0.5, 0.6) is 5.75 Å². The molecule has 7 heteroatoms. The highest BCUT2D eigenvalue weighted by molar-refractivity contribution is 5.27. The van der Waals surface area contributed by atoms with Crippen molar-refractivity contribution < 1.29 is 34.6 Å². The third-order valence-electron chi connectivity index (χ3n) is 6.12. The van der Waals surface area contributed by atoms with E-state index >= 15 is 0 Å². The highest BCUT2D eigenvalue weighted by Gasteiger charge is 2.43. The summed E-state index contributed by atoms with van der Waals surface area (Å²) in [6, 6.07) is 8.24. The summed E-state index contributed by atoms with van der Waals surface area (Å²) in [6.45, 7) is 0.713. The van der Waals surface area contributed by atoms with Gasteiger partial charge < -0.3 is 34.6 Å². The van der Waals surface area contributed by atoms with Gasteiger partial charge >= 0.3 is 0 Å². The number of aryl methyl sites for hydroxylation is 1. The summed E-state index contributed by atoms with van der Waals surface area (Å²) in [5, 5.41) is 38.7. The lowest BCUT2D eigenvalue weighted by Crippen LogP contribution is -2.59. The van der Waals surface area contributed by atoms with Gasteiger partial charge in [0.05, 0.1) is 13.2 Å². The lowest BCUT2D eigenvalue weighted by Gasteiger charge is -2.39. The Hall–Kier alpha value is -1.22. The molecule has 170 valence electrons. The molecule has 1 aliphatic heterocycles. The molecule has 3 rings (SSSR count). The molecule has 0 amide bonds. The van der Waals surface area contributed by atoms with Crippen molar-refractivity contribution in [1.82, 2.24) is 0 Å². The summed E-state index contributed by atoms with van der Waals surface area (Å²) >= 11 is 0. The van der Waals surface area contributed by atoms with Crippen molar-refractivity contribution >= 4 is 0 Å². The van der Waals surface area contributed by atoms with Crippen molar-refractivity contribution in [2.45, 2.75) is 82.1 Å². The monoisotopic (exact) mass is 424 g/mol. The van der Waals surface area contributed by atoms with E-state index < -0.39 is 37.3 Å². The van der Waals surface area contributed by atoms with Crippen LogP contribution in [0.15, 0.2) is 24.3 Å². The van der Waals surface area contributed by atoms with Gasteiger partial charge in [-0.3, -0.25) is 0 Å². The summed E-state index contributed by atoms with van der Waals surface area (Å²) in [4.78, 5) is 0. The van der Waals surface area contributed by atoms with Crippen molar-refractivity contribution in [2.75, 3.05) is 19.8 Å². The van der Waals surface area contributed by atoms with E-state index in [9.17, 15) is 20.4 Å². The molecule has 0 unspecified atom stereocenters. The fourth-order valence-corrected chi connectivity index (χ4v) is 4.16. The van der Waals surface area contributed by atoms with Crippen LogP contribution in [-0.4, -0.2) is 71.0 Å². The van der Waals surface area contributed by atoms with Crippen LogP contribution in [-0.2, 0) is 15.9 Å². The number of aliphatic hydroxyl groups excluding tert-OH is 4. The van der Waals surface area contributed by atoms with Crippen LogP contribution >= 0.6 is 0 Å². The van der Waals surface area contributed by atoms with Gasteiger partial charge in [-0.25, -0.2) is 0 Å². The predicted octanol–water partition coefficient (Wildman–Crippen LogP) is 1.78. The normalized spacial score (nSPS) is 30.3. The largest absolute Gasteiger partial charge is 0.493 e. The number of hydrogen-bond acceptors (Lipinski definition) is 7. The first-order chi connectivity index (χ1) is 14.6. The minimum atomic E-state index is -1.40. The quantitative estimate of drug-likeness (QED) is 0.424. The van der Waals surface area contributed by atoms with E-state index in [2.05, 4.69) is 12.1 Å². The molecule has 5 atom stereocenters. The van der Waals surface area contributed by atoms with Gasteiger partial charge in [-0.15, -0.1) is 0 Å². The smallest absolute Gasteiger partial charge is 0.186 e. The Kier molecular flexibility index (Phi) is 9.36. The number of benzene rings is 1. The average molecular weight is 425 g/mol. The van der Waals surface area contributed by atoms with Crippen LogP contribution in [0, 0.1) is 5.92 Å². The molecule has 0 spiro atoms. The molecular formula is C23H36O7. The summed E-state index contributed by atoms with van der Waals surface area (Å²) in [5.74, 6) is 1.62. The van der Waals surface area contributed by atoms with Gasteiger partial charge in [-0.1, -0.05) is 31.4 Å². The molecule has 0 aromatic heterocycles. The average Bonchev–Trinajstić information content (AvgIpc) is 2.79. The summed E-state index contributed by atoms with van der Waals surface area (Å²) in [7, 11) is 0. The zero-order valence-electron chi connectivity index (χ0n) is 17.6. The third kappa shape index (κ3) is 6.64. The van der Waals surface area contributed by atoms with E-state index in [-0.39, 0.29) is 0 Å². The lowest BCUT2D eigenvalue weighted by atomic mass is 9.90. The maximum Gasteiger partial charge on any atom is 0.186 e. The predicted molar refractivity (Wildman–Crippen MR) is 111 cm³/mol. The zero-order valence-corrected chi connectivity index (χ0v) is 17.6. The van der Waals surface area contributed by atoms with Gasteiger partial charge in [0.1, 0.15) is 30.2 Å². The van der Waals surface area contributed by atoms with Crippen LogP contribution in [0.1, 0.15) is 50.5 Å². The number of hydrogen-bond donors (Lipinski definition) is 4. The van der Waals surface area contributed by atoms with Gasteiger partial charge in [0.25, 0.3) is 0 Å². The maximum absolute atomic E-state index is 9.96. The Bertz CT molecular complexity index is 600. The second-order valence-electron chi connectivity index (χ2n) is 8.48. The number of unbranched alkanes of at least 4 members (excludes halogenated alkanes) is 1. The van der Waals surface area contributed by atoms with Crippen LogP contribution < -0.4 is 4.74 Å². The molecule has 1 saturated heterocycles. The van der Waals surface area contributed by atoms with E-state index in [1.807, 2.05) is 12.1 Å². The highest BCUT2D eigenvalue weighted by Crippen LogP contribution is 2.25. The highest BCUT2D eigenvalue weighted by atomic mass is 16.7. The second kappa shape index (κ2) is 12.0. The van der Waals surface area contributed by atoms with Crippen LogP contribution in [0.4, 0.5) is 0 Å². The van der Waals surface area contributed by atoms with Crippen molar-refractivity contribution in [3.05, 3.63) is 29.8 Å². The molecule has 2 aliphatic rings. The number of ether oxygens (including phenoxy) is 3. The number of aliphatic hydroxyl groups is 4. The fourth-order valence-electron chi connectivity index (χ4n) is 4.16. The Morgan fingerprint density at radius 1 is 0.900 bits per heavy atom. The maximum atomic E-state index is 9.96. The van der Waals surface area contributed by atoms with Gasteiger partial charge in [0.15, 0.2) is 6.29 Å². The second-order valence-corrected chi connectivity index (χ2v) is 8.48. The van der Waals surface area contributed by atoms with Gasteiger partial charge in [-0.05, 0) is 55.7 Å². The molecule has 2 fully saturated rings. The van der Waals surface area contributed by atoms with E-state index in [4.69, 9.17) is 14.2 Å². The minimum absolute atomic E-state index is 0.352. The zero-order chi connectivity index (χ0) is 21.3. The van der Waals surface area contributed by atoms with Gasteiger partial charge in [0.2, 0.25) is 0 Å². The molecule has 1 heterocycles. The molecular weight excluding hydrogens is 388 g/mol. The van der Waals surface area contributed by atoms with E-state index in [0.717, 1.165) is 31.6 Å². The van der Waals surface area contributed by atoms with Gasteiger partial charge in [-0.2, -0.15) is 0 Å². The minimum Gasteiger partial charge on any atom is -0.493 e. The van der Waals surface area contributed by atoms with E-state index in [1.54, 1.807) is 0 Å². The first kappa shape index (κ1) is 23.4. The SMILES string of the molecule is OC[C@H]1O[C@@H](OCCCCc2ccc(OCC3CCCCC3)cc2)[C@H](O)[C@@H](O)[C@@H]1O. The Morgan fingerprint density at radius 2 is 1.63 bits per heavy atom. The van der Waals surface area contributed by atoms with Gasteiger partial charge in [0, 0.05) is 6.61 Å². The molecule has 30 heavy (non-hydrogen) atoms. The standard InChI is InChI=1S/C23H36O7/c24-14-19-20(25)21(26)22(27)23(30-19)28-13-5-4-6-16-9-11-18(12-10-16)29-15-17-7-2-1-3-8-17/h9-12,17,19-27H,1-8,13-15H2/t19-,20-,21+,22-,23-/m1/s1. The van der Waals surface area contributed by atoms with Crippen molar-refractivity contribution in [3.8, 4) is 5.75 Å². The molecule has 1 aromatic carbocycles. The molecule has 0 bridgehead atoms. The summed E-state index contributed by atoms with van der Waals surface area (Å²) in [5.41, 5.74) is 1.23. The molecule has 0 radical (unpaired) electrons. The van der Waals surface area contributed by atoms with Crippen LogP contribution in [0.2, 0.25) is 0 Å². The topological polar surface area (TPSA) is 109 Å².